The van der Waals surface area contributed by atoms with Gasteiger partial charge < -0.3 is 4.74 Å². The van der Waals surface area contributed by atoms with Crippen LogP contribution in [0.1, 0.15) is 32.9 Å². The largest absolute Gasteiger partial charge is 0.481 e. The fourth-order valence-corrected chi connectivity index (χ4v) is 7.28. The molecule has 1 saturated heterocycles. The summed E-state index contributed by atoms with van der Waals surface area (Å²) in [7, 11) is -2.30. The van der Waals surface area contributed by atoms with Gasteiger partial charge in [0.15, 0.2) is 0 Å². The van der Waals surface area contributed by atoms with Gasteiger partial charge >= 0.3 is 0 Å². The molecule has 0 unspecified atom stereocenters. The second-order valence-electron chi connectivity index (χ2n) is 8.94. The van der Waals surface area contributed by atoms with Crippen molar-refractivity contribution in [3.63, 3.8) is 0 Å². The van der Waals surface area contributed by atoms with E-state index < -0.39 is 50.9 Å². The molecule has 32 heavy (non-hydrogen) atoms. The van der Waals surface area contributed by atoms with Crippen molar-refractivity contribution >= 4 is 16.1 Å². The summed E-state index contributed by atoms with van der Waals surface area (Å²) in [6, 6.07) is 6.90. The first-order valence-corrected chi connectivity index (χ1v) is 12.0. The van der Waals surface area contributed by atoms with Crippen LogP contribution >= 0.6 is 0 Å². The van der Waals surface area contributed by atoms with Crippen LogP contribution in [-0.2, 0) is 10.0 Å². The first-order chi connectivity index (χ1) is 15.0. The molecule has 1 N–H and O–H groups in total. The lowest BCUT2D eigenvalue weighted by atomic mass is 9.63. The van der Waals surface area contributed by atoms with Crippen LogP contribution in [-0.4, -0.2) is 42.2 Å². The lowest BCUT2D eigenvalue weighted by Gasteiger charge is -2.47. The van der Waals surface area contributed by atoms with E-state index in [-0.39, 0.29) is 0 Å². The van der Waals surface area contributed by atoms with Crippen molar-refractivity contribution in [2.24, 2.45) is 17.8 Å². The SMILES string of the molecule is COc1ncccc1-c1ccc(C=C[C@@H]2[C@@H]3[C@@H](C)NS(=O)(=O)[C@]3(C)CC(F)(F)[C@H]2C)nc1. The summed E-state index contributed by atoms with van der Waals surface area (Å²) in [5.74, 6) is -4.68. The molecule has 1 aliphatic carbocycles. The molecule has 3 heterocycles. The second-order valence-corrected chi connectivity index (χ2v) is 11.1. The van der Waals surface area contributed by atoms with E-state index in [1.807, 2.05) is 12.1 Å². The van der Waals surface area contributed by atoms with E-state index >= 15 is 0 Å². The molecule has 0 amide bonds. The fourth-order valence-electron chi connectivity index (χ4n) is 5.27. The number of nitrogens with zero attached hydrogens (tertiary/aromatic N) is 2. The van der Waals surface area contributed by atoms with Gasteiger partial charge in [0.25, 0.3) is 5.92 Å². The van der Waals surface area contributed by atoms with E-state index in [2.05, 4.69) is 14.7 Å². The van der Waals surface area contributed by atoms with Gasteiger partial charge in [-0.3, -0.25) is 4.98 Å². The maximum Gasteiger partial charge on any atom is 0.252 e. The number of aromatic nitrogens is 2. The number of methoxy groups -OCH3 is 1. The van der Waals surface area contributed by atoms with Crippen LogP contribution in [0.25, 0.3) is 17.2 Å². The minimum atomic E-state index is -3.85. The number of pyridine rings is 2. The molecule has 4 rings (SSSR count). The van der Waals surface area contributed by atoms with Gasteiger partial charge in [0, 0.05) is 47.8 Å². The highest BCUT2D eigenvalue weighted by Gasteiger charge is 2.66. The predicted molar refractivity (Wildman–Crippen MR) is 119 cm³/mol. The highest BCUT2D eigenvalue weighted by atomic mass is 32.2. The summed E-state index contributed by atoms with van der Waals surface area (Å²) < 4.78 is 61.4. The zero-order valence-electron chi connectivity index (χ0n) is 18.4. The first-order valence-electron chi connectivity index (χ1n) is 10.5. The smallest absolute Gasteiger partial charge is 0.252 e. The Hall–Kier alpha value is -2.39. The molecular weight excluding hydrogens is 436 g/mol. The Balaban J connectivity index is 1.64. The van der Waals surface area contributed by atoms with Gasteiger partial charge in [-0.15, -0.1) is 0 Å². The summed E-state index contributed by atoms with van der Waals surface area (Å²) in [4.78, 5) is 8.62. The summed E-state index contributed by atoms with van der Waals surface area (Å²) in [5, 5.41) is 0. The van der Waals surface area contributed by atoms with Crippen LogP contribution in [0.3, 0.4) is 0 Å². The van der Waals surface area contributed by atoms with Gasteiger partial charge in [0.2, 0.25) is 15.9 Å². The summed E-state index contributed by atoms with van der Waals surface area (Å²) in [6.45, 7) is 4.69. The first kappa shape index (κ1) is 22.8. The van der Waals surface area contributed by atoms with E-state index in [0.29, 0.717) is 11.6 Å². The summed E-state index contributed by atoms with van der Waals surface area (Å²) >= 11 is 0. The van der Waals surface area contributed by atoms with E-state index in [0.717, 1.165) is 11.1 Å². The Morgan fingerprint density at radius 3 is 2.62 bits per heavy atom. The summed E-state index contributed by atoms with van der Waals surface area (Å²) in [5.41, 5.74) is 2.21. The molecule has 0 spiro atoms. The minimum Gasteiger partial charge on any atom is -0.481 e. The third kappa shape index (κ3) is 3.61. The van der Waals surface area contributed by atoms with Crippen LogP contribution < -0.4 is 9.46 Å². The Kier molecular flexibility index (Phi) is 5.61. The van der Waals surface area contributed by atoms with Gasteiger partial charge in [0.1, 0.15) is 0 Å². The van der Waals surface area contributed by atoms with Gasteiger partial charge in [0.05, 0.1) is 17.6 Å². The predicted octanol–water partition coefficient (Wildman–Crippen LogP) is 4.15. The van der Waals surface area contributed by atoms with Crippen molar-refractivity contribution in [3.05, 3.63) is 48.4 Å². The zero-order valence-corrected chi connectivity index (χ0v) is 19.2. The van der Waals surface area contributed by atoms with Crippen molar-refractivity contribution in [1.82, 2.24) is 14.7 Å². The fraction of sp³-hybridized carbons (Fsp3) is 0.478. The molecule has 2 aromatic rings. The van der Waals surface area contributed by atoms with E-state index in [4.69, 9.17) is 4.74 Å². The van der Waals surface area contributed by atoms with Gasteiger partial charge in [-0.05, 0) is 44.0 Å². The molecule has 2 aromatic heterocycles. The molecule has 0 aromatic carbocycles. The summed E-state index contributed by atoms with van der Waals surface area (Å²) in [6.07, 6.45) is 6.04. The van der Waals surface area contributed by atoms with Crippen LogP contribution in [0.15, 0.2) is 42.7 Å². The van der Waals surface area contributed by atoms with Crippen molar-refractivity contribution in [1.29, 1.82) is 0 Å². The molecular formula is C23H27F2N3O3S. The molecule has 9 heteroatoms. The maximum atomic E-state index is 14.9. The Bertz CT molecular complexity index is 1140. The number of sulfonamides is 1. The number of rotatable bonds is 4. The molecule has 0 radical (unpaired) electrons. The third-order valence-corrected chi connectivity index (χ3v) is 9.32. The standard InChI is InChI=1S/C23H27F2N3O3S/c1-14-18(20-15(2)28-32(29,30)22(20,3)13-23(14,24)25)10-9-17-8-7-16(12-27-17)19-6-5-11-26-21(19)31-4/h5-12,14-15,18,20,28H,13H2,1-4H3/t14-,15+,18-,20-,22+/m0/s1. The number of halogens is 2. The number of ether oxygens (including phenoxy) is 1. The van der Waals surface area contributed by atoms with Crippen LogP contribution in [0, 0.1) is 17.8 Å². The maximum absolute atomic E-state index is 14.9. The molecule has 2 fully saturated rings. The zero-order chi connectivity index (χ0) is 23.3. The van der Waals surface area contributed by atoms with Gasteiger partial charge in [-0.2, -0.15) is 0 Å². The highest BCUT2D eigenvalue weighted by molar-refractivity contribution is 7.91. The number of fused-ring (bicyclic) bond motifs is 1. The molecule has 1 aliphatic heterocycles. The average Bonchev–Trinajstić information content (AvgIpc) is 2.91. The Labute approximate surface area is 187 Å². The minimum absolute atomic E-state index is 0.424. The van der Waals surface area contributed by atoms with Gasteiger partial charge in [-0.1, -0.05) is 19.1 Å². The number of hydrogen-bond acceptors (Lipinski definition) is 5. The van der Waals surface area contributed by atoms with E-state index in [1.54, 1.807) is 50.7 Å². The molecule has 5 atom stereocenters. The number of alkyl halides is 2. The van der Waals surface area contributed by atoms with Crippen LogP contribution in [0.2, 0.25) is 0 Å². The third-order valence-electron chi connectivity index (χ3n) is 6.99. The van der Waals surface area contributed by atoms with E-state index in [1.165, 1.54) is 13.8 Å². The Morgan fingerprint density at radius 1 is 1.22 bits per heavy atom. The van der Waals surface area contributed by atoms with Crippen molar-refractivity contribution in [2.75, 3.05) is 7.11 Å². The monoisotopic (exact) mass is 463 g/mol. The molecule has 2 aliphatic rings. The van der Waals surface area contributed by atoms with Crippen molar-refractivity contribution < 1.29 is 21.9 Å². The number of allylic oxidation sites excluding steroid dienone is 1. The normalized spacial score (nSPS) is 33.2. The lowest BCUT2D eigenvalue weighted by molar-refractivity contribution is -0.121. The molecule has 6 nitrogen and oxygen atoms in total. The number of nitrogens with one attached hydrogen (secondary N) is 1. The van der Waals surface area contributed by atoms with E-state index in [9.17, 15) is 17.2 Å². The highest BCUT2D eigenvalue weighted by Crippen LogP contribution is 2.56. The average molecular weight is 464 g/mol. The van der Waals surface area contributed by atoms with Crippen LogP contribution in [0.5, 0.6) is 5.88 Å². The second kappa shape index (κ2) is 7.88. The van der Waals surface area contributed by atoms with Crippen LogP contribution in [0.4, 0.5) is 8.78 Å². The topological polar surface area (TPSA) is 81.2 Å². The Morgan fingerprint density at radius 2 is 1.97 bits per heavy atom. The number of hydrogen-bond donors (Lipinski definition) is 1. The molecule has 0 bridgehead atoms. The molecule has 172 valence electrons. The van der Waals surface area contributed by atoms with Crippen molar-refractivity contribution in [2.45, 2.75) is 43.9 Å². The quantitative estimate of drug-likeness (QED) is 0.737. The van der Waals surface area contributed by atoms with Crippen molar-refractivity contribution in [3.8, 4) is 17.0 Å². The lowest BCUT2D eigenvalue weighted by Crippen LogP contribution is -2.56. The molecule has 1 saturated carbocycles. The van der Waals surface area contributed by atoms with Gasteiger partial charge in [-0.25, -0.2) is 26.9 Å².